The number of H-pyrrole nitrogens is 1. The lowest BCUT2D eigenvalue weighted by molar-refractivity contribution is -0.153. The first-order chi connectivity index (χ1) is 24.4. The van der Waals surface area contributed by atoms with E-state index in [1.807, 2.05) is 32.0 Å². The van der Waals surface area contributed by atoms with Gasteiger partial charge in [-0.3, -0.25) is 14.5 Å². The standard InChI is InChI=1S/C38H43N5O8/c1-20(2)32(41-36(48)51-3)34(45)42-14-4-5-30(42)33-39-19-29(40-33)23-8-12-27-21(15-23)6-7-22-16-24(9-13-28(22)27)31(44)18-38(35(46)47)25-10-11-26(17-25)43(38)37(49)50/h8-9,12-13,15-16,19-20,25-26,30,32H,4-7,10-11,14,17-18H2,1-3H3,(H,39,40)(H,41,48)(H,46,47)(H,49,50). The van der Waals surface area contributed by atoms with Crippen molar-refractivity contribution in [2.75, 3.05) is 13.7 Å². The van der Waals surface area contributed by atoms with Crippen LogP contribution in [0, 0.1) is 11.8 Å². The highest BCUT2D eigenvalue weighted by atomic mass is 16.5. The average molecular weight is 698 g/mol. The first kappa shape index (κ1) is 34.3. The Balaban J connectivity index is 1.08. The van der Waals surface area contributed by atoms with Gasteiger partial charge in [-0.1, -0.05) is 38.1 Å². The molecule has 2 aliphatic heterocycles. The number of carbonyl (C=O) groups excluding carboxylic acids is 3. The summed E-state index contributed by atoms with van der Waals surface area (Å²) in [6.45, 7) is 4.33. The normalized spacial score (nSPS) is 23.9. The fourth-order valence-corrected chi connectivity index (χ4v) is 8.99. The Hall–Kier alpha value is -5.20. The second kappa shape index (κ2) is 13.2. The number of ether oxygens (including phenoxy) is 1. The van der Waals surface area contributed by atoms with E-state index in [1.54, 1.807) is 17.2 Å². The third-order valence-corrected chi connectivity index (χ3v) is 11.5. The molecule has 3 amide bonds. The Labute approximate surface area is 295 Å². The second-order valence-corrected chi connectivity index (χ2v) is 14.6. The van der Waals surface area contributed by atoms with Gasteiger partial charge in [0, 0.05) is 24.6 Å². The maximum Gasteiger partial charge on any atom is 0.408 e. The van der Waals surface area contributed by atoms with Crippen molar-refractivity contribution in [3.8, 4) is 22.4 Å². The molecule has 3 fully saturated rings. The fourth-order valence-electron chi connectivity index (χ4n) is 8.99. The Morgan fingerprint density at radius 1 is 1.02 bits per heavy atom. The number of nitrogens with one attached hydrogen (secondary N) is 2. The van der Waals surface area contributed by atoms with Gasteiger partial charge in [-0.05, 0) is 96.7 Å². The number of aliphatic carboxylic acids is 1. The molecule has 13 nitrogen and oxygen atoms in total. The smallest absolute Gasteiger partial charge is 0.408 e. The van der Waals surface area contributed by atoms with Crippen molar-refractivity contribution < 1.29 is 38.9 Å². The number of ketones is 1. The van der Waals surface area contributed by atoms with Crippen molar-refractivity contribution in [3.63, 3.8) is 0 Å². The monoisotopic (exact) mass is 697 g/mol. The minimum absolute atomic E-state index is 0.126. The van der Waals surface area contributed by atoms with E-state index in [2.05, 4.69) is 27.4 Å². The molecule has 51 heavy (non-hydrogen) atoms. The first-order valence-electron chi connectivity index (χ1n) is 17.7. The minimum atomic E-state index is -1.74. The van der Waals surface area contributed by atoms with E-state index in [-0.39, 0.29) is 42.0 Å². The number of rotatable bonds is 9. The summed E-state index contributed by atoms with van der Waals surface area (Å²) in [7, 11) is 1.27. The lowest BCUT2D eigenvalue weighted by Crippen LogP contribution is -2.61. The van der Waals surface area contributed by atoms with Crippen LogP contribution in [0.3, 0.4) is 0 Å². The number of nitrogens with zero attached hydrogens (tertiary/aromatic N) is 3. The molecule has 0 spiro atoms. The number of benzene rings is 2. The molecule has 2 saturated heterocycles. The zero-order chi connectivity index (χ0) is 36.2. The summed E-state index contributed by atoms with van der Waals surface area (Å²) in [4.78, 5) is 74.8. The molecule has 13 heteroatoms. The van der Waals surface area contributed by atoms with E-state index >= 15 is 0 Å². The summed E-state index contributed by atoms with van der Waals surface area (Å²) in [5, 5.41) is 22.9. The predicted octanol–water partition coefficient (Wildman–Crippen LogP) is 5.44. The van der Waals surface area contributed by atoms with Gasteiger partial charge in [0.05, 0.1) is 25.0 Å². The van der Waals surface area contributed by atoms with Crippen LogP contribution in [-0.2, 0) is 27.2 Å². The number of aromatic nitrogens is 2. The highest BCUT2D eigenvalue weighted by Gasteiger charge is 2.64. The van der Waals surface area contributed by atoms with Crippen molar-refractivity contribution in [2.45, 2.75) is 88.9 Å². The molecule has 3 heterocycles. The number of likely N-dealkylation sites (tertiary alicyclic amines) is 2. The van der Waals surface area contributed by atoms with Crippen LogP contribution in [0.5, 0.6) is 0 Å². The van der Waals surface area contributed by atoms with Crippen LogP contribution >= 0.6 is 0 Å². The van der Waals surface area contributed by atoms with Gasteiger partial charge in [0.15, 0.2) is 11.3 Å². The maximum atomic E-state index is 13.6. The molecule has 268 valence electrons. The Kier molecular flexibility index (Phi) is 8.84. The number of imidazole rings is 1. The van der Waals surface area contributed by atoms with Crippen molar-refractivity contribution in [3.05, 3.63) is 65.1 Å². The summed E-state index contributed by atoms with van der Waals surface area (Å²) < 4.78 is 4.74. The summed E-state index contributed by atoms with van der Waals surface area (Å²) >= 11 is 0. The number of carboxylic acids is 1. The molecule has 4 aliphatic rings. The number of aryl methyl sites for hydroxylation is 2. The second-order valence-electron chi connectivity index (χ2n) is 14.6. The Morgan fingerprint density at radius 2 is 1.75 bits per heavy atom. The lowest BCUT2D eigenvalue weighted by atomic mass is 9.77. The van der Waals surface area contributed by atoms with Gasteiger partial charge in [0.2, 0.25) is 5.91 Å². The summed E-state index contributed by atoms with van der Waals surface area (Å²) in [6, 6.07) is 10.4. The molecule has 7 rings (SSSR count). The van der Waals surface area contributed by atoms with Crippen LogP contribution in [-0.4, -0.2) is 91.1 Å². The van der Waals surface area contributed by atoms with Gasteiger partial charge < -0.3 is 30.2 Å². The predicted molar refractivity (Wildman–Crippen MR) is 185 cm³/mol. The molecule has 0 radical (unpaired) electrons. The Bertz CT molecular complexity index is 1920. The third kappa shape index (κ3) is 5.81. The lowest BCUT2D eigenvalue weighted by Gasteiger charge is -2.41. The largest absolute Gasteiger partial charge is 0.479 e. The van der Waals surface area contributed by atoms with Crippen molar-refractivity contribution in [1.29, 1.82) is 0 Å². The van der Waals surface area contributed by atoms with Gasteiger partial charge in [-0.25, -0.2) is 19.4 Å². The number of alkyl carbamates (subject to hydrolysis) is 1. The Morgan fingerprint density at radius 3 is 2.43 bits per heavy atom. The first-order valence-corrected chi connectivity index (χ1v) is 17.7. The van der Waals surface area contributed by atoms with Crippen LogP contribution in [0.15, 0.2) is 42.6 Å². The molecule has 1 saturated carbocycles. The van der Waals surface area contributed by atoms with E-state index in [4.69, 9.17) is 4.74 Å². The van der Waals surface area contributed by atoms with Crippen molar-refractivity contribution >= 4 is 29.8 Å². The number of methoxy groups -OCH3 is 1. The van der Waals surface area contributed by atoms with E-state index < -0.39 is 29.7 Å². The summed E-state index contributed by atoms with van der Waals surface area (Å²) in [5.41, 5.74) is 4.64. The number of aromatic amines is 1. The molecular formula is C38H43N5O8. The van der Waals surface area contributed by atoms with E-state index in [0.717, 1.165) is 57.7 Å². The SMILES string of the molecule is COC(=O)NC(C(=O)N1CCCC1c1ncc(-c2ccc3c(c2)CCc2cc(C(=O)CC4(C(=O)O)C5CCC(C5)N4C(=O)O)ccc2-3)[nH]1)C(C)C. The molecule has 4 N–H and O–H groups in total. The number of amides is 3. The number of fused-ring (bicyclic) bond motifs is 5. The highest BCUT2D eigenvalue weighted by Crippen LogP contribution is 2.51. The molecule has 5 unspecified atom stereocenters. The number of Topliss-reactive ketones (excluding diaryl/α,β-unsaturated/α-hetero) is 1. The minimum Gasteiger partial charge on any atom is -0.479 e. The number of hydrogen-bond acceptors (Lipinski definition) is 7. The van der Waals surface area contributed by atoms with Gasteiger partial charge >= 0.3 is 18.2 Å². The summed E-state index contributed by atoms with van der Waals surface area (Å²) in [5.74, 6) is -1.59. The highest BCUT2D eigenvalue weighted by molar-refractivity contribution is 6.02. The topological polar surface area (TPSA) is 182 Å². The van der Waals surface area contributed by atoms with E-state index in [0.29, 0.717) is 43.6 Å². The third-order valence-electron chi connectivity index (χ3n) is 11.5. The number of carbonyl (C=O) groups is 5. The van der Waals surface area contributed by atoms with Crippen LogP contribution < -0.4 is 5.32 Å². The average Bonchev–Trinajstić information content (AvgIpc) is 3.94. The van der Waals surface area contributed by atoms with E-state index in [1.165, 1.54) is 7.11 Å². The zero-order valence-electron chi connectivity index (χ0n) is 29.0. The number of hydrogen-bond donors (Lipinski definition) is 4. The molecule has 2 aliphatic carbocycles. The van der Waals surface area contributed by atoms with Crippen LogP contribution in [0.25, 0.3) is 22.4 Å². The van der Waals surface area contributed by atoms with Gasteiger partial charge in [0.25, 0.3) is 0 Å². The quantitative estimate of drug-likeness (QED) is 0.212. The van der Waals surface area contributed by atoms with Gasteiger partial charge in [0.1, 0.15) is 11.9 Å². The number of carboxylic acid groups (broad SMARTS) is 2. The molecule has 2 bridgehead atoms. The van der Waals surface area contributed by atoms with Crippen LogP contribution in [0.2, 0.25) is 0 Å². The molecule has 2 aromatic carbocycles. The molecule has 1 aromatic heterocycles. The van der Waals surface area contributed by atoms with Gasteiger partial charge in [-0.2, -0.15) is 0 Å². The fraction of sp³-hybridized carbons (Fsp3) is 0.474. The van der Waals surface area contributed by atoms with Crippen LogP contribution in [0.1, 0.15) is 85.7 Å². The molecule has 3 aromatic rings. The number of piperidine rings is 1. The maximum absolute atomic E-state index is 13.6. The van der Waals surface area contributed by atoms with Crippen molar-refractivity contribution in [1.82, 2.24) is 25.1 Å². The molecular weight excluding hydrogens is 654 g/mol. The van der Waals surface area contributed by atoms with Gasteiger partial charge in [-0.15, -0.1) is 0 Å². The molecule has 5 atom stereocenters. The van der Waals surface area contributed by atoms with E-state index in [9.17, 15) is 34.2 Å². The van der Waals surface area contributed by atoms with Crippen LogP contribution in [0.4, 0.5) is 9.59 Å². The summed E-state index contributed by atoms with van der Waals surface area (Å²) in [6.07, 6.45) is 4.17. The van der Waals surface area contributed by atoms with Crippen molar-refractivity contribution in [2.24, 2.45) is 11.8 Å². The zero-order valence-corrected chi connectivity index (χ0v) is 29.0.